The highest BCUT2D eigenvalue weighted by atomic mass is 16.1. The molecule has 0 aliphatic heterocycles. The lowest BCUT2D eigenvalue weighted by atomic mass is 9.69. The first-order valence-corrected chi connectivity index (χ1v) is 5.54. The standard InChI is InChI=1S/C12H22O/c1-8(2)11-6-5-10(13)7-12(11)9(3)4/h8-9,11-12H,5-7H2,1-4H3. The Kier molecular flexibility index (Phi) is 3.52. The molecule has 0 aromatic heterocycles. The van der Waals surface area contributed by atoms with Gasteiger partial charge in [0.25, 0.3) is 0 Å². The van der Waals surface area contributed by atoms with Crippen molar-refractivity contribution in [3.05, 3.63) is 0 Å². The van der Waals surface area contributed by atoms with Gasteiger partial charge in [-0.15, -0.1) is 0 Å². The molecule has 1 saturated carbocycles. The van der Waals surface area contributed by atoms with E-state index in [1.54, 1.807) is 0 Å². The second kappa shape index (κ2) is 4.26. The lowest BCUT2D eigenvalue weighted by Crippen LogP contribution is -2.31. The fourth-order valence-electron chi connectivity index (χ4n) is 2.62. The highest BCUT2D eigenvalue weighted by Gasteiger charge is 2.32. The Hall–Kier alpha value is -0.330. The van der Waals surface area contributed by atoms with Gasteiger partial charge >= 0.3 is 0 Å². The maximum Gasteiger partial charge on any atom is 0.133 e. The normalized spacial score (nSPS) is 30.2. The van der Waals surface area contributed by atoms with Crippen LogP contribution >= 0.6 is 0 Å². The molecule has 2 unspecified atom stereocenters. The van der Waals surface area contributed by atoms with Crippen LogP contribution in [0.3, 0.4) is 0 Å². The van der Waals surface area contributed by atoms with Crippen LogP contribution in [0.1, 0.15) is 47.0 Å². The van der Waals surface area contributed by atoms with Crippen LogP contribution in [-0.2, 0) is 4.79 Å². The van der Waals surface area contributed by atoms with E-state index in [4.69, 9.17) is 0 Å². The van der Waals surface area contributed by atoms with Crippen molar-refractivity contribution < 1.29 is 4.79 Å². The van der Waals surface area contributed by atoms with Gasteiger partial charge in [0.1, 0.15) is 5.78 Å². The van der Waals surface area contributed by atoms with Crippen LogP contribution in [0.2, 0.25) is 0 Å². The molecule has 0 spiro atoms. The summed E-state index contributed by atoms with van der Waals surface area (Å²) in [6, 6.07) is 0. The fourth-order valence-corrected chi connectivity index (χ4v) is 2.62. The van der Waals surface area contributed by atoms with E-state index in [-0.39, 0.29) is 0 Å². The topological polar surface area (TPSA) is 17.1 Å². The van der Waals surface area contributed by atoms with Crippen molar-refractivity contribution in [2.45, 2.75) is 47.0 Å². The van der Waals surface area contributed by atoms with Crippen molar-refractivity contribution in [2.24, 2.45) is 23.7 Å². The second-order valence-corrected chi connectivity index (χ2v) is 5.10. The van der Waals surface area contributed by atoms with Gasteiger partial charge in [-0.2, -0.15) is 0 Å². The molecule has 0 saturated heterocycles. The van der Waals surface area contributed by atoms with E-state index in [2.05, 4.69) is 27.7 Å². The lowest BCUT2D eigenvalue weighted by molar-refractivity contribution is -0.123. The highest BCUT2D eigenvalue weighted by molar-refractivity contribution is 5.79. The zero-order chi connectivity index (χ0) is 10.0. The van der Waals surface area contributed by atoms with Gasteiger partial charge in [0.05, 0.1) is 0 Å². The van der Waals surface area contributed by atoms with E-state index in [0.717, 1.165) is 31.1 Å². The zero-order valence-corrected chi connectivity index (χ0v) is 9.34. The van der Waals surface area contributed by atoms with Gasteiger partial charge in [-0.25, -0.2) is 0 Å². The molecule has 1 heteroatoms. The minimum absolute atomic E-state index is 0.482. The molecule has 1 aliphatic carbocycles. The maximum atomic E-state index is 11.3. The molecule has 0 aromatic carbocycles. The third kappa shape index (κ3) is 2.55. The molecule has 0 heterocycles. The molecule has 1 fully saturated rings. The highest BCUT2D eigenvalue weighted by Crippen LogP contribution is 2.37. The molecule has 1 rings (SSSR count). The maximum absolute atomic E-state index is 11.3. The number of Topliss-reactive ketones (excluding diaryl/α,β-unsaturated/α-hetero) is 1. The molecular weight excluding hydrogens is 160 g/mol. The molecule has 0 aromatic rings. The Morgan fingerprint density at radius 2 is 1.62 bits per heavy atom. The van der Waals surface area contributed by atoms with Crippen LogP contribution in [0.4, 0.5) is 0 Å². The summed E-state index contributed by atoms with van der Waals surface area (Å²) in [6.07, 6.45) is 2.78. The lowest BCUT2D eigenvalue weighted by Gasteiger charge is -2.36. The summed E-state index contributed by atoms with van der Waals surface area (Å²) in [5.74, 6) is 3.30. The van der Waals surface area contributed by atoms with Gasteiger partial charge in [0.2, 0.25) is 0 Å². The summed E-state index contributed by atoms with van der Waals surface area (Å²) in [6.45, 7) is 9.07. The van der Waals surface area contributed by atoms with E-state index in [1.165, 1.54) is 0 Å². The number of ketones is 1. The van der Waals surface area contributed by atoms with E-state index in [0.29, 0.717) is 17.6 Å². The van der Waals surface area contributed by atoms with E-state index in [1.807, 2.05) is 0 Å². The Morgan fingerprint density at radius 1 is 1.08 bits per heavy atom. The van der Waals surface area contributed by atoms with Gasteiger partial charge in [-0.1, -0.05) is 27.7 Å². The van der Waals surface area contributed by atoms with Crippen LogP contribution in [0.15, 0.2) is 0 Å². The van der Waals surface area contributed by atoms with Crippen molar-refractivity contribution in [3.8, 4) is 0 Å². The first-order chi connectivity index (χ1) is 6.02. The third-order valence-corrected chi connectivity index (χ3v) is 3.48. The fraction of sp³-hybridized carbons (Fsp3) is 0.917. The second-order valence-electron chi connectivity index (χ2n) is 5.10. The Balaban J connectivity index is 2.66. The average Bonchev–Trinajstić information content (AvgIpc) is 2.03. The van der Waals surface area contributed by atoms with Crippen molar-refractivity contribution in [1.29, 1.82) is 0 Å². The van der Waals surface area contributed by atoms with Gasteiger partial charge in [0, 0.05) is 12.8 Å². The Labute approximate surface area is 81.9 Å². The number of hydrogen-bond acceptors (Lipinski definition) is 1. The van der Waals surface area contributed by atoms with E-state index >= 15 is 0 Å². The summed E-state index contributed by atoms with van der Waals surface area (Å²) >= 11 is 0. The molecule has 0 radical (unpaired) electrons. The first kappa shape index (κ1) is 10.7. The van der Waals surface area contributed by atoms with Crippen LogP contribution in [0.5, 0.6) is 0 Å². The van der Waals surface area contributed by atoms with Gasteiger partial charge in [-0.05, 0) is 30.1 Å². The van der Waals surface area contributed by atoms with Crippen molar-refractivity contribution in [2.75, 3.05) is 0 Å². The first-order valence-electron chi connectivity index (χ1n) is 5.54. The van der Waals surface area contributed by atoms with E-state index < -0.39 is 0 Å². The van der Waals surface area contributed by atoms with Crippen LogP contribution in [0.25, 0.3) is 0 Å². The monoisotopic (exact) mass is 182 g/mol. The van der Waals surface area contributed by atoms with Gasteiger partial charge in [0.15, 0.2) is 0 Å². The van der Waals surface area contributed by atoms with Gasteiger partial charge < -0.3 is 0 Å². The summed E-state index contributed by atoms with van der Waals surface area (Å²) in [5, 5.41) is 0. The van der Waals surface area contributed by atoms with Crippen LogP contribution in [-0.4, -0.2) is 5.78 Å². The zero-order valence-electron chi connectivity index (χ0n) is 9.34. The molecule has 1 nitrogen and oxygen atoms in total. The van der Waals surface area contributed by atoms with Crippen molar-refractivity contribution >= 4 is 5.78 Å². The molecular formula is C12H22O. The van der Waals surface area contributed by atoms with Crippen molar-refractivity contribution in [1.82, 2.24) is 0 Å². The van der Waals surface area contributed by atoms with Crippen LogP contribution < -0.4 is 0 Å². The summed E-state index contributed by atoms with van der Waals surface area (Å²) in [5.41, 5.74) is 0. The largest absolute Gasteiger partial charge is 0.300 e. The smallest absolute Gasteiger partial charge is 0.133 e. The molecule has 13 heavy (non-hydrogen) atoms. The van der Waals surface area contributed by atoms with Crippen molar-refractivity contribution in [3.63, 3.8) is 0 Å². The average molecular weight is 182 g/mol. The summed E-state index contributed by atoms with van der Waals surface area (Å²) in [4.78, 5) is 11.3. The number of rotatable bonds is 2. The molecule has 1 aliphatic rings. The van der Waals surface area contributed by atoms with Gasteiger partial charge in [-0.3, -0.25) is 4.79 Å². The Bertz CT molecular complexity index is 182. The summed E-state index contributed by atoms with van der Waals surface area (Å²) < 4.78 is 0. The van der Waals surface area contributed by atoms with Crippen LogP contribution in [0, 0.1) is 23.7 Å². The molecule has 0 amide bonds. The number of hydrogen-bond donors (Lipinski definition) is 0. The minimum Gasteiger partial charge on any atom is -0.300 e. The third-order valence-electron chi connectivity index (χ3n) is 3.48. The molecule has 76 valence electrons. The molecule has 2 atom stereocenters. The molecule has 0 N–H and O–H groups in total. The number of carbonyl (C=O) groups excluding carboxylic acids is 1. The number of carbonyl (C=O) groups is 1. The quantitative estimate of drug-likeness (QED) is 0.640. The predicted octanol–water partition coefficient (Wildman–Crippen LogP) is 3.28. The molecule has 0 bridgehead atoms. The Morgan fingerprint density at radius 3 is 2.08 bits per heavy atom. The summed E-state index contributed by atoms with van der Waals surface area (Å²) in [7, 11) is 0. The predicted molar refractivity (Wildman–Crippen MR) is 55.5 cm³/mol. The van der Waals surface area contributed by atoms with E-state index in [9.17, 15) is 4.79 Å². The SMILES string of the molecule is CC(C)C1CCC(=O)CC1C(C)C. The minimum atomic E-state index is 0.482.